The number of primary amides is 1. The molecule has 0 bridgehead atoms. The summed E-state index contributed by atoms with van der Waals surface area (Å²) in [5.74, 6) is -1.41. The van der Waals surface area contributed by atoms with Gasteiger partial charge in [0.25, 0.3) is 0 Å². The Morgan fingerprint density at radius 2 is 1.85 bits per heavy atom. The average molecular weight is 708 g/mol. The smallest absolute Gasteiger partial charge is 0.249 e. The molecule has 0 fully saturated rings. The van der Waals surface area contributed by atoms with Gasteiger partial charge in [0, 0.05) is 19.3 Å². The van der Waals surface area contributed by atoms with Crippen LogP contribution in [0.25, 0.3) is 0 Å². The van der Waals surface area contributed by atoms with Crippen LogP contribution in [0.2, 0.25) is 1.41 Å². The second kappa shape index (κ2) is 10.1. The van der Waals surface area contributed by atoms with Crippen molar-refractivity contribution in [2.45, 2.75) is 22.6 Å². The van der Waals surface area contributed by atoms with Gasteiger partial charge >= 0.3 is 0 Å². The van der Waals surface area contributed by atoms with E-state index >= 15 is 0 Å². The van der Waals surface area contributed by atoms with Crippen molar-refractivity contribution >= 4 is 79.6 Å². The molecule has 0 spiro atoms. The molecule has 0 aromatic rings. The van der Waals surface area contributed by atoms with E-state index in [1.165, 1.54) is 0 Å². The second-order valence-corrected chi connectivity index (χ2v) is 9.10. The number of hydrogen-bond donors (Lipinski definition) is 7. The van der Waals surface area contributed by atoms with E-state index in [1.807, 2.05) is 67.8 Å². The number of carbonyl (C=O) groups excluding carboxylic acids is 2. The van der Waals surface area contributed by atoms with E-state index in [0.717, 1.165) is 0 Å². The van der Waals surface area contributed by atoms with Crippen molar-refractivity contribution in [2.24, 2.45) is 16.9 Å². The summed E-state index contributed by atoms with van der Waals surface area (Å²) in [5, 5.41) is 40.0. The number of rotatable bonds is 9. The average Bonchev–Trinajstić information content (AvgIpc) is 2.62. The van der Waals surface area contributed by atoms with E-state index in [2.05, 4.69) is 11.0 Å². The van der Waals surface area contributed by atoms with Gasteiger partial charge in [0.05, 0.1) is 35.0 Å². The lowest BCUT2D eigenvalue weighted by Crippen LogP contribution is -2.52. The summed E-state index contributed by atoms with van der Waals surface area (Å²) < 4.78 is 7.51. The van der Waals surface area contributed by atoms with Crippen molar-refractivity contribution in [2.75, 3.05) is 19.8 Å². The number of carbonyl (C=O) groups is 2. The third kappa shape index (κ3) is 4.80. The van der Waals surface area contributed by atoms with Crippen LogP contribution in [0.15, 0.2) is 18.4 Å². The number of allylic oxidation sites excluding steroid dienone is 1. The Kier molecular flexibility index (Phi) is 8.80. The van der Waals surface area contributed by atoms with Gasteiger partial charge in [-0.3, -0.25) is 9.59 Å². The van der Waals surface area contributed by atoms with Crippen LogP contribution < -0.4 is 16.8 Å². The summed E-state index contributed by atoms with van der Waals surface area (Å²) in [7, 11) is 0. The highest BCUT2D eigenvalue weighted by molar-refractivity contribution is 14.1. The van der Waals surface area contributed by atoms with Gasteiger partial charge in [0.2, 0.25) is 11.8 Å². The minimum Gasteiger partial charge on any atom is -0.397 e. The molecule has 0 saturated heterocycles. The van der Waals surface area contributed by atoms with Crippen LogP contribution in [0.3, 0.4) is 0 Å². The van der Waals surface area contributed by atoms with E-state index in [4.69, 9.17) is 12.3 Å². The van der Waals surface area contributed by atoms with Gasteiger partial charge in [0.1, 0.15) is 5.41 Å². The number of nitrogens with two attached hydrogens (primary N) is 2. The molecule has 1 rings (SSSR count). The standard InChI is InChI=1S/C14H20I3N3O6/c15-8-7(12(25)20-2-6(24)4-22)10(16)14(13(19)26,1-5(23)3-21)11(17)9(8)18/h5-6,10,21-24H,1-4,18H2,(H2,19,26)(H,20,25)/i/hD. The molecule has 1 aliphatic carbocycles. The molecular formula is C14H20I3N3O6. The lowest BCUT2D eigenvalue weighted by molar-refractivity contribution is -0.127. The minimum absolute atomic E-state index is 0.139. The van der Waals surface area contributed by atoms with Crippen molar-refractivity contribution in [1.82, 2.24) is 5.32 Å². The molecule has 9 nitrogen and oxygen atoms in total. The summed E-state index contributed by atoms with van der Waals surface area (Å²) in [6.07, 6.45) is -2.65. The van der Waals surface area contributed by atoms with E-state index in [-0.39, 0.29) is 24.2 Å². The largest absolute Gasteiger partial charge is 0.397 e. The fraction of sp³-hybridized carbons (Fsp3) is 0.571. The van der Waals surface area contributed by atoms with E-state index in [9.17, 15) is 24.9 Å². The summed E-state index contributed by atoms with van der Waals surface area (Å²) >= 11 is 5.60. The van der Waals surface area contributed by atoms with E-state index < -0.39 is 46.6 Å². The SMILES string of the molecule is [2H]NC1=C(I)C(CC(O)CO)(C(N)=O)C(I)C(C(=O)NCC(O)CO)=C1I. The molecule has 9 N–H and O–H groups in total. The highest BCUT2D eigenvalue weighted by Crippen LogP contribution is 2.53. The molecule has 26 heavy (non-hydrogen) atoms. The highest BCUT2D eigenvalue weighted by atomic mass is 127. The Labute approximate surface area is 192 Å². The van der Waals surface area contributed by atoms with Crippen LogP contribution in [0.4, 0.5) is 0 Å². The van der Waals surface area contributed by atoms with Gasteiger partial charge in [0.15, 0.2) is 1.41 Å². The zero-order valence-electron chi connectivity index (χ0n) is 14.4. The van der Waals surface area contributed by atoms with E-state index in [0.29, 0.717) is 7.16 Å². The molecule has 148 valence electrons. The first kappa shape index (κ1) is 22.5. The first-order valence-corrected chi connectivity index (χ1v) is 10.8. The quantitative estimate of drug-likeness (QED) is 0.116. The molecule has 0 saturated carbocycles. The molecule has 0 heterocycles. The van der Waals surface area contributed by atoms with Crippen LogP contribution in [0, 0.1) is 5.41 Å². The number of aliphatic hydroxyl groups excluding tert-OH is 4. The Hall–Kier alpha value is 0.250. The molecule has 4 atom stereocenters. The van der Waals surface area contributed by atoms with Gasteiger partial charge in [-0.2, -0.15) is 0 Å². The summed E-state index contributed by atoms with van der Waals surface area (Å²) in [6.45, 7) is -1.34. The zero-order valence-corrected chi connectivity index (χ0v) is 19.8. The lowest BCUT2D eigenvalue weighted by Gasteiger charge is -2.41. The van der Waals surface area contributed by atoms with Crippen LogP contribution >= 0.6 is 67.8 Å². The normalized spacial score (nSPS) is 26.3. The molecule has 0 aromatic carbocycles. The maximum atomic E-state index is 12.7. The monoisotopic (exact) mass is 708 g/mol. The fourth-order valence-corrected chi connectivity index (χ4v) is 7.54. The number of alkyl halides is 1. The number of hydrogen-bond acceptors (Lipinski definition) is 7. The van der Waals surface area contributed by atoms with Crippen LogP contribution in [0.1, 0.15) is 6.42 Å². The number of aliphatic hydroxyl groups is 4. The molecular weight excluding hydrogens is 687 g/mol. The van der Waals surface area contributed by atoms with E-state index in [1.54, 1.807) is 0 Å². The summed E-state index contributed by atoms with van der Waals surface area (Å²) in [5.41, 5.74) is 6.69. The van der Waals surface area contributed by atoms with Crippen molar-refractivity contribution in [3.8, 4) is 0 Å². The second-order valence-electron chi connectivity index (χ2n) is 5.70. The minimum atomic E-state index is -1.52. The summed E-state index contributed by atoms with van der Waals surface area (Å²) in [6, 6.07) is 0. The van der Waals surface area contributed by atoms with Crippen LogP contribution in [-0.4, -0.2) is 68.1 Å². The Morgan fingerprint density at radius 1 is 1.27 bits per heavy atom. The topological polar surface area (TPSA) is 179 Å². The van der Waals surface area contributed by atoms with Crippen molar-refractivity contribution in [1.29, 1.82) is 0 Å². The molecule has 4 unspecified atom stereocenters. The maximum Gasteiger partial charge on any atom is 0.249 e. The Balaban J connectivity index is 3.49. The predicted molar refractivity (Wildman–Crippen MR) is 120 cm³/mol. The first-order chi connectivity index (χ1) is 12.6. The highest BCUT2D eigenvalue weighted by Gasteiger charge is 2.53. The molecule has 0 aliphatic heterocycles. The van der Waals surface area contributed by atoms with Crippen molar-refractivity contribution in [3.05, 3.63) is 18.4 Å². The predicted octanol–water partition coefficient (Wildman–Crippen LogP) is -1.22. The molecule has 0 radical (unpaired) electrons. The Bertz CT molecular complexity index is 662. The third-order valence-electron chi connectivity index (χ3n) is 3.91. The van der Waals surface area contributed by atoms with Gasteiger partial charge in [-0.05, 0) is 51.6 Å². The molecule has 2 amide bonds. The van der Waals surface area contributed by atoms with Gasteiger partial charge in [-0.15, -0.1) is 0 Å². The van der Waals surface area contributed by atoms with Crippen molar-refractivity contribution in [3.63, 3.8) is 0 Å². The molecule has 12 heteroatoms. The fourth-order valence-electron chi connectivity index (χ4n) is 2.47. The van der Waals surface area contributed by atoms with Gasteiger partial charge in [-0.25, -0.2) is 0 Å². The zero-order chi connectivity index (χ0) is 20.9. The first-order valence-electron chi connectivity index (χ1n) is 7.86. The van der Waals surface area contributed by atoms with Crippen LogP contribution in [-0.2, 0) is 9.59 Å². The van der Waals surface area contributed by atoms with Crippen LogP contribution in [0.5, 0.6) is 0 Å². The number of amides is 2. The van der Waals surface area contributed by atoms with Gasteiger partial charge in [-0.1, -0.05) is 22.6 Å². The van der Waals surface area contributed by atoms with Crippen molar-refractivity contribution < 1.29 is 31.4 Å². The van der Waals surface area contributed by atoms with Gasteiger partial charge < -0.3 is 37.2 Å². The maximum absolute atomic E-state index is 12.7. The Morgan fingerprint density at radius 3 is 2.31 bits per heavy atom. The lowest BCUT2D eigenvalue weighted by atomic mass is 9.72. The molecule has 0 aromatic heterocycles. The molecule has 1 aliphatic rings. The number of nitrogens with one attached hydrogen (secondary N) is 1. The number of halogens is 3. The third-order valence-corrected chi connectivity index (χ3v) is 8.22. The summed E-state index contributed by atoms with van der Waals surface area (Å²) in [4.78, 5) is 25.2.